The molecule has 0 rings (SSSR count). The van der Waals surface area contributed by atoms with Crippen LogP contribution in [0.5, 0.6) is 0 Å². The van der Waals surface area contributed by atoms with Gasteiger partial charge in [0.05, 0.1) is 0 Å². The molecule has 0 spiro atoms. The van der Waals surface area contributed by atoms with Crippen molar-refractivity contribution in [2.24, 2.45) is 0 Å². The van der Waals surface area contributed by atoms with E-state index < -0.39 is 19.8 Å². The molecule has 0 N–H and O–H groups in total. The summed E-state index contributed by atoms with van der Waals surface area (Å²) in [7, 11) is 0. The first-order valence-corrected chi connectivity index (χ1v) is 12.0. The van der Waals surface area contributed by atoms with Gasteiger partial charge < -0.3 is 0 Å². The van der Waals surface area contributed by atoms with Crippen LogP contribution in [0.3, 0.4) is 0 Å². The van der Waals surface area contributed by atoms with Gasteiger partial charge in [-0.05, 0) is 0 Å². The monoisotopic (exact) mass is 285 g/mol. The van der Waals surface area contributed by atoms with E-state index in [2.05, 4.69) is 25.8 Å². The van der Waals surface area contributed by atoms with Crippen molar-refractivity contribution in [3.8, 4) is 0 Å². The van der Waals surface area contributed by atoms with E-state index in [-0.39, 0.29) is 0 Å². The summed E-state index contributed by atoms with van der Waals surface area (Å²) in [5, 5.41) is 1.20. The Bertz CT molecular complexity index is 45.8. The van der Waals surface area contributed by atoms with Crippen molar-refractivity contribution >= 4 is 35.7 Å². The van der Waals surface area contributed by atoms with E-state index in [9.17, 15) is 0 Å². The van der Waals surface area contributed by atoms with E-state index in [0.29, 0.717) is 0 Å². The predicted molar refractivity (Wildman–Crippen MR) is 45.3 cm³/mol. The zero-order valence-corrected chi connectivity index (χ0v) is 10.1. The van der Waals surface area contributed by atoms with Crippen molar-refractivity contribution < 1.29 is 0 Å². The molecule has 0 aliphatic heterocycles. The van der Waals surface area contributed by atoms with Gasteiger partial charge in [-0.15, -0.1) is 0 Å². The molecule has 0 nitrogen and oxygen atoms in total. The van der Waals surface area contributed by atoms with Crippen molar-refractivity contribution in [1.82, 2.24) is 0 Å². The van der Waals surface area contributed by atoms with Crippen LogP contribution >= 0.6 is 15.9 Å². The van der Waals surface area contributed by atoms with Crippen LogP contribution in [0, 0.1) is 0 Å². The van der Waals surface area contributed by atoms with Gasteiger partial charge in [0.15, 0.2) is 0 Å². The zero-order chi connectivity index (χ0) is 6.41. The van der Waals surface area contributed by atoms with Crippen LogP contribution in [0.4, 0.5) is 0 Å². The molecule has 0 atom stereocenters. The average Bonchev–Trinajstić information content (AvgIpc) is 1.66. The number of hydrogen-bond donors (Lipinski definition) is 0. The Morgan fingerprint density at radius 1 is 1.25 bits per heavy atom. The minimum absolute atomic E-state index is 0.683. The summed E-state index contributed by atoms with van der Waals surface area (Å²) in [5.74, 6) is 0. The van der Waals surface area contributed by atoms with Gasteiger partial charge in [-0.25, -0.2) is 0 Å². The fourth-order valence-electron chi connectivity index (χ4n) is 0.573. The SMILES string of the molecule is [CH3][Sn]([CH3])[CH2]CCCBr. The molecule has 0 amide bonds. The van der Waals surface area contributed by atoms with Gasteiger partial charge in [0, 0.05) is 0 Å². The second-order valence-electron chi connectivity index (χ2n) is 2.35. The summed E-state index contributed by atoms with van der Waals surface area (Å²) in [5.41, 5.74) is 0. The molecule has 0 unspecified atom stereocenters. The Morgan fingerprint density at radius 2 is 1.88 bits per heavy atom. The molecule has 0 aliphatic carbocycles. The van der Waals surface area contributed by atoms with E-state index in [1.54, 1.807) is 4.44 Å². The molecule has 0 aliphatic rings. The van der Waals surface area contributed by atoms with Gasteiger partial charge >= 0.3 is 68.2 Å². The van der Waals surface area contributed by atoms with Crippen LogP contribution in [0.15, 0.2) is 0 Å². The van der Waals surface area contributed by atoms with Gasteiger partial charge in [-0.1, -0.05) is 0 Å². The number of rotatable bonds is 4. The molecule has 49 valence electrons. The molecule has 1 radical (unpaired) electrons. The maximum atomic E-state index is 3.42. The Labute approximate surface area is 67.9 Å². The number of alkyl halides is 1. The molecule has 0 heterocycles. The normalized spacial score (nSPS) is 10.5. The summed E-state index contributed by atoms with van der Waals surface area (Å²) < 4.78 is 1.58. The molecule has 0 saturated carbocycles. The van der Waals surface area contributed by atoms with Gasteiger partial charge in [0.2, 0.25) is 0 Å². The van der Waals surface area contributed by atoms with Crippen molar-refractivity contribution in [1.29, 1.82) is 0 Å². The van der Waals surface area contributed by atoms with Crippen molar-refractivity contribution in [3.05, 3.63) is 0 Å². The first-order chi connectivity index (χ1) is 3.77. The van der Waals surface area contributed by atoms with Gasteiger partial charge in [0.25, 0.3) is 0 Å². The second kappa shape index (κ2) is 6.40. The van der Waals surface area contributed by atoms with Crippen LogP contribution in [-0.4, -0.2) is 25.1 Å². The third kappa shape index (κ3) is 7.28. The van der Waals surface area contributed by atoms with Crippen molar-refractivity contribution in [2.45, 2.75) is 27.2 Å². The van der Waals surface area contributed by atoms with Crippen molar-refractivity contribution in [3.63, 3.8) is 0 Å². The fourth-order valence-corrected chi connectivity index (χ4v) is 3.70. The maximum absolute atomic E-state index is 3.42. The van der Waals surface area contributed by atoms with E-state index in [4.69, 9.17) is 0 Å². The van der Waals surface area contributed by atoms with Crippen LogP contribution in [-0.2, 0) is 0 Å². The van der Waals surface area contributed by atoms with E-state index in [1.165, 1.54) is 18.2 Å². The quantitative estimate of drug-likeness (QED) is 0.423. The van der Waals surface area contributed by atoms with E-state index >= 15 is 0 Å². The predicted octanol–water partition coefficient (Wildman–Crippen LogP) is 2.92. The average molecular weight is 285 g/mol. The Balaban J connectivity index is 2.72. The number of hydrogen-bond acceptors (Lipinski definition) is 0. The zero-order valence-electron chi connectivity index (χ0n) is 5.71. The molecule has 0 aromatic heterocycles. The van der Waals surface area contributed by atoms with Crippen LogP contribution in [0.25, 0.3) is 0 Å². The summed E-state index contributed by atoms with van der Waals surface area (Å²) in [6.07, 6.45) is 2.85. The molecule has 0 bridgehead atoms. The Morgan fingerprint density at radius 3 is 2.25 bits per heavy atom. The Hall–Kier alpha value is 1.28. The first-order valence-electron chi connectivity index (χ1n) is 3.12. The first kappa shape index (κ1) is 9.28. The summed E-state index contributed by atoms with van der Waals surface area (Å²) >= 11 is 2.74. The molecule has 0 fully saturated rings. The van der Waals surface area contributed by atoms with Crippen LogP contribution < -0.4 is 0 Å². The van der Waals surface area contributed by atoms with E-state index in [0.717, 1.165) is 0 Å². The third-order valence-corrected chi connectivity index (χ3v) is 5.48. The fraction of sp³-hybridized carbons (Fsp3) is 1.00. The molecular formula is C6H14BrSn. The molecule has 8 heavy (non-hydrogen) atoms. The number of unbranched alkanes of at least 4 members (excludes halogenated alkanes) is 1. The number of halogens is 1. The molecular weight excluding hydrogens is 271 g/mol. The summed E-state index contributed by atoms with van der Waals surface area (Å²) in [4.78, 5) is 4.94. The molecule has 2 heteroatoms. The second-order valence-corrected chi connectivity index (χ2v) is 11.5. The van der Waals surface area contributed by atoms with Crippen molar-refractivity contribution in [2.75, 3.05) is 5.33 Å². The minimum atomic E-state index is -0.683. The molecule has 0 aromatic rings. The van der Waals surface area contributed by atoms with Gasteiger partial charge in [-0.3, -0.25) is 0 Å². The van der Waals surface area contributed by atoms with Crippen LogP contribution in [0.2, 0.25) is 14.3 Å². The van der Waals surface area contributed by atoms with Gasteiger partial charge in [0.1, 0.15) is 0 Å². The third-order valence-electron chi connectivity index (χ3n) is 1.06. The topological polar surface area (TPSA) is 0 Å². The molecule has 0 aromatic carbocycles. The summed E-state index contributed by atoms with van der Waals surface area (Å²) in [6, 6.07) is 0. The van der Waals surface area contributed by atoms with Crippen LogP contribution in [0.1, 0.15) is 12.8 Å². The summed E-state index contributed by atoms with van der Waals surface area (Å²) in [6.45, 7) is 0. The van der Waals surface area contributed by atoms with Gasteiger partial charge in [-0.2, -0.15) is 0 Å². The molecule has 0 saturated heterocycles. The van der Waals surface area contributed by atoms with E-state index in [1.807, 2.05) is 0 Å². The Kier molecular flexibility index (Phi) is 7.42. The standard InChI is InChI=1S/C4H8Br.2CH3.Sn/c1-2-3-4-5;;;/h1-4H2;2*1H3;.